The summed E-state index contributed by atoms with van der Waals surface area (Å²) in [6, 6.07) is 0. The van der Waals surface area contributed by atoms with Crippen molar-refractivity contribution < 1.29 is 9.53 Å². The highest BCUT2D eigenvalue weighted by Crippen LogP contribution is 2.20. The van der Waals surface area contributed by atoms with Gasteiger partial charge in [0.15, 0.2) is 0 Å². The van der Waals surface area contributed by atoms with Crippen LogP contribution in [0, 0.1) is 5.92 Å². The van der Waals surface area contributed by atoms with Crippen LogP contribution in [-0.4, -0.2) is 18.6 Å². The first-order chi connectivity index (χ1) is 8.76. The molecule has 0 aromatic carbocycles. The van der Waals surface area contributed by atoms with E-state index in [9.17, 15) is 4.79 Å². The number of carbonyl (C=O) groups is 1. The molecule has 0 aromatic heterocycles. The van der Waals surface area contributed by atoms with Crippen LogP contribution in [0.4, 0.5) is 0 Å². The number of hydrogen-bond donors (Lipinski definition) is 1. The van der Waals surface area contributed by atoms with E-state index in [0.29, 0.717) is 5.92 Å². The van der Waals surface area contributed by atoms with Gasteiger partial charge < -0.3 is 10.5 Å². The molecule has 3 nitrogen and oxygen atoms in total. The monoisotopic (exact) mass is 267 g/mol. The minimum absolute atomic E-state index is 0.0175. The van der Waals surface area contributed by atoms with Gasteiger partial charge in [0.2, 0.25) is 5.91 Å². The highest BCUT2D eigenvalue weighted by Gasteiger charge is 2.15. The third kappa shape index (κ3) is 10.5. The molecule has 1 amide bonds. The first kappa shape index (κ1) is 17.9. The molecule has 1 atom stereocenters. The first-order valence-corrected chi connectivity index (χ1v) is 6.96. The fraction of sp³-hybridized carbons (Fsp3) is 0.688. The summed E-state index contributed by atoms with van der Waals surface area (Å²) in [5, 5.41) is 0. The number of methoxy groups -OCH3 is 1. The predicted octanol–water partition coefficient (Wildman–Crippen LogP) is 3.60. The molecule has 0 saturated carbocycles. The van der Waals surface area contributed by atoms with E-state index in [2.05, 4.69) is 26.8 Å². The minimum atomic E-state index is -0.392. The van der Waals surface area contributed by atoms with Crippen molar-refractivity contribution >= 4 is 5.91 Å². The number of allylic oxidation sites excluding steroid dienone is 3. The second-order valence-corrected chi connectivity index (χ2v) is 5.89. The maximum atomic E-state index is 10.7. The summed E-state index contributed by atoms with van der Waals surface area (Å²) in [6.07, 6.45) is 9.99. The van der Waals surface area contributed by atoms with Gasteiger partial charge in [-0.3, -0.25) is 4.79 Å². The Morgan fingerprint density at radius 3 is 2.58 bits per heavy atom. The molecule has 0 saturated heterocycles. The maximum absolute atomic E-state index is 10.7. The van der Waals surface area contributed by atoms with Gasteiger partial charge in [0.05, 0.1) is 5.60 Å². The normalized spacial score (nSPS) is 14.9. The fourth-order valence-electron chi connectivity index (χ4n) is 1.85. The van der Waals surface area contributed by atoms with E-state index in [-0.39, 0.29) is 5.60 Å². The Morgan fingerprint density at radius 1 is 1.42 bits per heavy atom. The van der Waals surface area contributed by atoms with Crippen molar-refractivity contribution in [2.45, 2.75) is 59.0 Å². The number of hydrogen-bond acceptors (Lipinski definition) is 2. The van der Waals surface area contributed by atoms with Crippen molar-refractivity contribution in [2.75, 3.05) is 7.11 Å². The van der Waals surface area contributed by atoms with Gasteiger partial charge in [-0.15, -0.1) is 0 Å². The molecule has 0 rings (SSSR count). The fourth-order valence-corrected chi connectivity index (χ4v) is 1.85. The summed E-state index contributed by atoms with van der Waals surface area (Å²) in [6.45, 7) is 8.37. The van der Waals surface area contributed by atoms with E-state index in [1.165, 1.54) is 18.9 Å². The Morgan fingerprint density at radius 2 is 2.05 bits per heavy atom. The molecule has 0 aliphatic rings. The summed E-state index contributed by atoms with van der Waals surface area (Å²) in [4.78, 5) is 10.7. The third-order valence-corrected chi connectivity index (χ3v) is 3.32. The third-order valence-electron chi connectivity index (χ3n) is 3.32. The zero-order valence-corrected chi connectivity index (χ0v) is 13.0. The van der Waals surface area contributed by atoms with Crippen LogP contribution in [0.1, 0.15) is 53.4 Å². The van der Waals surface area contributed by atoms with Gasteiger partial charge in [-0.05, 0) is 45.1 Å². The van der Waals surface area contributed by atoms with E-state index >= 15 is 0 Å². The second-order valence-electron chi connectivity index (χ2n) is 5.89. The van der Waals surface area contributed by atoms with E-state index in [1.807, 2.05) is 13.0 Å². The maximum Gasteiger partial charge on any atom is 0.241 e. The van der Waals surface area contributed by atoms with Gasteiger partial charge in [-0.2, -0.15) is 0 Å². The SMILES string of the molecule is COC(C)(C)CCCC(C)C/C=C/C(C)=C/C(N)=O. The largest absolute Gasteiger partial charge is 0.379 e. The summed E-state index contributed by atoms with van der Waals surface area (Å²) in [7, 11) is 1.76. The highest BCUT2D eigenvalue weighted by molar-refractivity contribution is 5.86. The quantitative estimate of drug-likeness (QED) is 0.512. The zero-order chi connectivity index (χ0) is 14.9. The molecule has 0 aliphatic heterocycles. The summed E-state index contributed by atoms with van der Waals surface area (Å²) in [5.41, 5.74) is 5.97. The molecule has 0 aliphatic carbocycles. The zero-order valence-electron chi connectivity index (χ0n) is 13.0. The Bertz CT molecular complexity index is 330. The van der Waals surface area contributed by atoms with E-state index < -0.39 is 5.91 Å². The summed E-state index contributed by atoms with van der Waals surface area (Å²) in [5.74, 6) is 0.252. The Labute approximate surface area is 117 Å². The Balaban J connectivity index is 3.91. The number of rotatable bonds is 9. The summed E-state index contributed by atoms with van der Waals surface area (Å²) >= 11 is 0. The Hall–Kier alpha value is -1.09. The number of amides is 1. The van der Waals surface area contributed by atoms with Gasteiger partial charge in [-0.25, -0.2) is 0 Å². The lowest BCUT2D eigenvalue weighted by atomic mass is 9.95. The lowest BCUT2D eigenvalue weighted by Gasteiger charge is -2.23. The van der Waals surface area contributed by atoms with Crippen LogP contribution in [-0.2, 0) is 9.53 Å². The van der Waals surface area contributed by atoms with Gasteiger partial charge in [0, 0.05) is 13.2 Å². The molecule has 1 unspecified atom stereocenters. The molecular formula is C16H29NO2. The van der Waals surface area contributed by atoms with Crippen LogP contribution in [0.3, 0.4) is 0 Å². The average Bonchev–Trinajstić information content (AvgIpc) is 2.27. The van der Waals surface area contributed by atoms with Crippen LogP contribution in [0.25, 0.3) is 0 Å². The summed E-state index contributed by atoms with van der Waals surface area (Å²) < 4.78 is 5.40. The lowest BCUT2D eigenvalue weighted by molar-refractivity contribution is -0.113. The van der Waals surface area contributed by atoms with E-state index in [0.717, 1.165) is 18.4 Å². The number of carbonyl (C=O) groups excluding carboxylic acids is 1. The number of nitrogens with two attached hydrogens (primary N) is 1. The van der Waals surface area contributed by atoms with Crippen molar-refractivity contribution in [3.05, 3.63) is 23.8 Å². The van der Waals surface area contributed by atoms with E-state index in [4.69, 9.17) is 10.5 Å². The van der Waals surface area contributed by atoms with Crippen molar-refractivity contribution in [1.29, 1.82) is 0 Å². The van der Waals surface area contributed by atoms with Crippen molar-refractivity contribution in [2.24, 2.45) is 11.7 Å². The molecule has 0 heterocycles. The van der Waals surface area contributed by atoms with Gasteiger partial charge >= 0.3 is 0 Å². The average molecular weight is 267 g/mol. The predicted molar refractivity (Wildman–Crippen MR) is 80.8 cm³/mol. The van der Waals surface area contributed by atoms with Crippen LogP contribution >= 0.6 is 0 Å². The lowest BCUT2D eigenvalue weighted by Crippen LogP contribution is -2.22. The van der Waals surface area contributed by atoms with Gasteiger partial charge in [0.25, 0.3) is 0 Å². The van der Waals surface area contributed by atoms with E-state index in [1.54, 1.807) is 7.11 Å². The topological polar surface area (TPSA) is 52.3 Å². The van der Waals surface area contributed by atoms with Crippen LogP contribution in [0.15, 0.2) is 23.8 Å². The molecule has 2 N–H and O–H groups in total. The van der Waals surface area contributed by atoms with Gasteiger partial charge in [0.1, 0.15) is 0 Å². The van der Waals surface area contributed by atoms with Crippen LogP contribution < -0.4 is 5.73 Å². The van der Waals surface area contributed by atoms with Crippen LogP contribution in [0.2, 0.25) is 0 Å². The second kappa shape index (κ2) is 8.92. The van der Waals surface area contributed by atoms with Gasteiger partial charge in [-0.1, -0.05) is 31.9 Å². The molecule has 0 fully saturated rings. The van der Waals surface area contributed by atoms with Crippen molar-refractivity contribution in [3.8, 4) is 0 Å². The Kier molecular flexibility index (Phi) is 8.41. The van der Waals surface area contributed by atoms with Crippen molar-refractivity contribution in [3.63, 3.8) is 0 Å². The molecular weight excluding hydrogens is 238 g/mol. The number of ether oxygens (including phenoxy) is 1. The first-order valence-electron chi connectivity index (χ1n) is 6.96. The smallest absolute Gasteiger partial charge is 0.241 e. The van der Waals surface area contributed by atoms with Crippen LogP contribution in [0.5, 0.6) is 0 Å². The molecule has 0 aromatic rings. The molecule has 0 spiro atoms. The minimum Gasteiger partial charge on any atom is -0.379 e. The highest BCUT2D eigenvalue weighted by atomic mass is 16.5. The molecule has 0 radical (unpaired) electrons. The molecule has 19 heavy (non-hydrogen) atoms. The molecule has 110 valence electrons. The molecule has 3 heteroatoms. The molecule has 0 bridgehead atoms. The number of primary amides is 1. The van der Waals surface area contributed by atoms with Crippen molar-refractivity contribution in [1.82, 2.24) is 0 Å². The standard InChI is InChI=1S/C16H29NO2/c1-13(10-7-11-16(3,4)19-5)8-6-9-14(2)12-15(17)18/h6,9,12-13H,7-8,10-11H2,1-5H3,(H2,17,18)/b9-6+,14-12+.